The number of aromatic nitrogens is 2. The van der Waals surface area contributed by atoms with Crippen molar-refractivity contribution in [2.24, 2.45) is 0 Å². The smallest absolute Gasteiger partial charge is 0.316 e. The zero-order chi connectivity index (χ0) is 20.3. The summed E-state index contributed by atoms with van der Waals surface area (Å²) in [5.74, 6) is -0.176. The summed E-state index contributed by atoms with van der Waals surface area (Å²) >= 11 is 2.81. The van der Waals surface area contributed by atoms with Gasteiger partial charge < -0.3 is 4.74 Å². The second-order valence-electron chi connectivity index (χ2n) is 6.55. The van der Waals surface area contributed by atoms with Crippen LogP contribution in [0, 0.1) is 13.8 Å². The van der Waals surface area contributed by atoms with Crippen molar-refractivity contribution in [3.05, 3.63) is 56.2 Å². The molecule has 0 fully saturated rings. The number of aryl methyl sites for hydroxylation is 3. The van der Waals surface area contributed by atoms with E-state index in [4.69, 9.17) is 9.72 Å². The molecule has 3 rings (SSSR count). The zero-order valence-electron chi connectivity index (χ0n) is 16.6. The quantitative estimate of drug-likeness (QED) is 0.326. The highest BCUT2D eigenvalue weighted by molar-refractivity contribution is 7.99. The van der Waals surface area contributed by atoms with E-state index >= 15 is 0 Å². The Balaban J connectivity index is 2.07. The van der Waals surface area contributed by atoms with E-state index in [9.17, 15) is 9.59 Å². The molecule has 0 aliphatic heterocycles. The summed E-state index contributed by atoms with van der Waals surface area (Å²) in [5, 5.41) is 1.24. The van der Waals surface area contributed by atoms with E-state index in [1.54, 1.807) is 22.8 Å². The normalized spacial score (nSPS) is 11.1. The van der Waals surface area contributed by atoms with Crippen LogP contribution in [0.25, 0.3) is 10.2 Å². The highest BCUT2D eigenvalue weighted by atomic mass is 32.2. The number of rotatable bonds is 7. The van der Waals surface area contributed by atoms with Crippen LogP contribution in [0.3, 0.4) is 0 Å². The minimum Gasteiger partial charge on any atom is -0.465 e. The van der Waals surface area contributed by atoms with Crippen LogP contribution in [0.15, 0.2) is 34.2 Å². The predicted octanol–water partition coefficient (Wildman–Crippen LogP) is 4.34. The fourth-order valence-electron chi connectivity index (χ4n) is 3.03. The van der Waals surface area contributed by atoms with E-state index in [-0.39, 0.29) is 17.3 Å². The molecule has 0 N–H and O–H groups in total. The van der Waals surface area contributed by atoms with E-state index in [0.717, 1.165) is 22.4 Å². The lowest BCUT2D eigenvalue weighted by atomic mass is 10.1. The summed E-state index contributed by atoms with van der Waals surface area (Å²) in [6.45, 7) is 8.64. The van der Waals surface area contributed by atoms with Crippen LogP contribution < -0.4 is 5.56 Å². The molecule has 3 aromatic rings. The topological polar surface area (TPSA) is 61.2 Å². The van der Waals surface area contributed by atoms with Crippen LogP contribution in [0.2, 0.25) is 0 Å². The van der Waals surface area contributed by atoms with Gasteiger partial charge in [0.25, 0.3) is 5.56 Å². The Morgan fingerprint density at radius 3 is 2.57 bits per heavy atom. The summed E-state index contributed by atoms with van der Waals surface area (Å²) in [6.07, 6.45) is 0.871. The first-order valence-electron chi connectivity index (χ1n) is 9.31. The third-order valence-electron chi connectivity index (χ3n) is 4.52. The lowest BCUT2D eigenvalue weighted by Crippen LogP contribution is -2.24. The molecule has 0 saturated heterocycles. The molecule has 5 nitrogen and oxygen atoms in total. The summed E-state index contributed by atoms with van der Waals surface area (Å²) in [6, 6.07) is 8.10. The van der Waals surface area contributed by atoms with Crippen LogP contribution in [0.1, 0.15) is 35.4 Å². The summed E-state index contributed by atoms with van der Waals surface area (Å²) in [5.41, 5.74) is 3.16. The van der Waals surface area contributed by atoms with Crippen molar-refractivity contribution in [2.75, 3.05) is 12.4 Å². The van der Waals surface area contributed by atoms with Gasteiger partial charge in [0.05, 0.1) is 24.3 Å². The van der Waals surface area contributed by atoms with Crippen LogP contribution in [0.5, 0.6) is 0 Å². The van der Waals surface area contributed by atoms with Gasteiger partial charge in [0.2, 0.25) is 0 Å². The number of esters is 1. The standard InChI is InChI=1S/C21H24N2O3S2/c1-5-16-14(4)18-19(28-16)22-21(27-12-17(24)26-6-2)23(20(18)25)11-15-9-7-13(3)8-10-15/h7-10H,5-6,11-12H2,1-4H3. The van der Waals surface area contributed by atoms with Crippen molar-refractivity contribution in [1.82, 2.24) is 9.55 Å². The third-order valence-corrected chi connectivity index (χ3v) is 6.80. The Hall–Kier alpha value is -2.12. The lowest BCUT2D eigenvalue weighted by Gasteiger charge is -2.12. The van der Waals surface area contributed by atoms with Gasteiger partial charge in [-0.3, -0.25) is 14.2 Å². The second-order valence-corrected chi connectivity index (χ2v) is 8.58. The van der Waals surface area contributed by atoms with Crippen molar-refractivity contribution in [2.45, 2.75) is 45.8 Å². The number of thioether (sulfide) groups is 1. The molecule has 0 aliphatic rings. The maximum atomic E-state index is 13.3. The molecule has 0 unspecified atom stereocenters. The highest BCUT2D eigenvalue weighted by Gasteiger charge is 2.19. The largest absolute Gasteiger partial charge is 0.465 e. The first kappa shape index (κ1) is 20.6. The molecule has 0 saturated carbocycles. The van der Waals surface area contributed by atoms with Gasteiger partial charge in [-0.1, -0.05) is 48.5 Å². The number of thiophene rings is 1. The van der Waals surface area contributed by atoms with Gasteiger partial charge in [-0.2, -0.15) is 0 Å². The van der Waals surface area contributed by atoms with Gasteiger partial charge in [0.15, 0.2) is 5.16 Å². The van der Waals surface area contributed by atoms with Gasteiger partial charge in [-0.25, -0.2) is 4.98 Å². The Kier molecular flexibility index (Phi) is 6.57. The SMILES string of the molecule is CCOC(=O)CSc1nc2sc(CC)c(C)c2c(=O)n1Cc1ccc(C)cc1. The molecule has 0 spiro atoms. The molecule has 0 radical (unpaired) electrons. The number of carbonyl (C=O) groups excluding carboxylic acids is 1. The average Bonchev–Trinajstić information content (AvgIpc) is 3.00. The Labute approximate surface area is 172 Å². The number of fused-ring (bicyclic) bond motifs is 1. The van der Waals surface area contributed by atoms with Crippen molar-refractivity contribution in [3.63, 3.8) is 0 Å². The Bertz CT molecular complexity index is 1050. The van der Waals surface area contributed by atoms with Crippen molar-refractivity contribution in [1.29, 1.82) is 0 Å². The fraction of sp³-hybridized carbons (Fsp3) is 0.381. The maximum absolute atomic E-state index is 13.3. The number of ether oxygens (including phenoxy) is 1. The van der Waals surface area contributed by atoms with Gasteiger partial charge in [-0.15, -0.1) is 11.3 Å². The average molecular weight is 417 g/mol. The molecule has 0 atom stereocenters. The van der Waals surface area contributed by atoms with Crippen molar-refractivity contribution >= 4 is 39.3 Å². The van der Waals surface area contributed by atoms with Crippen LogP contribution in [-0.2, 0) is 22.5 Å². The molecule has 2 aromatic heterocycles. The molecule has 148 valence electrons. The molecule has 0 amide bonds. The molecular formula is C21H24N2O3S2. The first-order chi connectivity index (χ1) is 13.4. The monoisotopic (exact) mass is 416 g/mol. The minimum absolute atomic E-state index is 0.0506. The van der Waals surface area contributed by atoms with Crippen molar-refractivity contribution in [3.8, 4) is 0 Å². The molecule has 2 heterocycles. The van der Waals surface area contributed by atoms with Gasteiger partial charge in [0.1, 0.15) is 4.83 Å². The number of nitrogens with zero attached hydrogens (tertiary/aromatic N) is 2. The second kappa shape index (κ2) is 8.92. The maximum Gasteiger partial charge on any atom is 0.316 e. The van der Waals surface area contributed by atoms with Crippen LogP contribution >= 0.6 is 23.1 Å². The summed E-state index contributed by atoms with van der Waals surface area (Å²) in [4.78, 5) is 31.8. The Morgan fingerprint density at radius 2 is 1.93 bits per heavy atom. The molecule has 28 heavy (non-hydrogen) atoms. The molecular weight excluding hydrogens is 392 g/mol. The first-order valence-corrected chi connectivity index (χ1v) is 11.1. The van der Waals surface area contributed by atoms with E-state index in [0.29, 0.717) is 23.7 Å². The predicted molar refractivity (Wildman–Crippen MR) is 116 cm³/mol. The van der Waals surface area contributed by atoms with Gasteiger partial charge >= 0.3 is 5.97 Å². The van der Waals surface area contributed by atoms with Gasteiger partial charge in [0, 0.05) is 4.88 Å². The van der Waals surface area contributed by atoms with Crippen LogP contribution in [-0.4, -0.2) is 27.9 Å². The molecule has 0 bridgehead atoms. The number of hydrogen-bond acceptors (Lipinski definition) is 6. The van der Waals surface area contributed by atoms with E-state index in [2.05, 4.69) is 6.92 Å². The van der Waals surface area contributed by atoms with Crippen LogP contribution in [0.4, 0.5) is 0 Å². The van der Waals surface area contributed by atoms with E-state index in [1.807, 2.05) is 38.1 Å². The van der Waals surface area contributed by atoms with E-state index < -0.39 is 0 Å². The lowest BCUT2D eigenvalue weighted by molar-refractivity contribution is -0.139. The Morgan fingerprint density at radius 1 is 1.21 bits per heavy atom. The summed E-state index contributed by atoms with van der Waals surface area (Å²) < 4.78 is 6.70. The molecule has 7 heteroatoms. The third kappa shape index (κ3) is 4.31. The minimum atomic E-state index is -0.305. The van der Waals surface area contributed by atoms with E-state index in [1.165, 1.54) is 22.2 Å². The zero-order valence-corrected chi connectivity index (χ0v) is 18.2. The fourth-order valence-corrected chi connectivity index (χ4v) is 4.99. The molecule has 0 aliphatic carbocycles. The number of carbonyl (C=O) groups is 1. The number of benzene rings is 1. The number of hydrogen-bond donors (Lipinski definition) is 0. The van der Waals surface area contributed by atoms with Crippen molar-refractivity contribution < 1.29 is 9.53 Å². The summed E-state index contributed by atoms with van der Waals surface area (Å²) in [7, 11) is 0. The molecule has 1 aromatic carbocycles. The highest BCUT2D eigenvalue weighted by Crippen LogP contribution is 2.29. The van der Waals surface area contributed by atoms with Gasteiger partial charge in [-0.05, 0) is 38.3 Å².